The van der Waals surface area contributed by atoms with Crippen molar-refractivity contribution < 1.29 is 19.4 Å². The van der Waals surface area contributed by atoms with E-state index in [1.54, 1.807) is 0 Å². The fourth-order valence-corrected chi connectivity index (χ4v) is 3.06. The summed E-state index contributed by atoms with van der Waals surface area (Å²) in [5.74, 6) is 1.26. The Bertz CT molecular complexity index is 497. The van der Waals surface area contributed by atoms with Crippen molar-refractivity contribution in [3.63, 3.8) is 0 Å². The minimum atomic E-state index is -0.686. The Morgan fingerprint density at radius 2 is 1.95 bits per heavy atom. The van der Waals surface area contributed by atoms with E-state index in [0.717, 1.165) is 44.0 Å². The van der Waals surface area contributed by atoms with Crippen LogP contribution in [0.1, 0.15) is 19.3 Å². The maximum absolute atomic E-state index is 10.7. The van der Waals surface area contributed by atoms with Gasteiger partial charge in [0.25, 0.3) is 0 Å². The summed E-state index contributed by atoms with van der Waals surface area (Å²) in [7, 11) is 0. The monoisotopic (exact) mass is 291 g/mol. The number of carbonyl (C=O) groups is 1. The fraction of sp³-hybridized carbons (Fsp3) is 0.562. The summed E-state index contributed by atoms with van der Waals surface area (Å²) in [6, 6.07) is 7.74. The summed E-state index contributed by atoms with van der Waals surface area (Å²) >= 11 is 0. The first-order valence-corrected chi connectivity index (χ1v) is 7.53. The topological polar surface area (TPSA) is 59.0 Å². The van der Waals surface area contributed by atoms with E-state index >= 15 is 0 Å². The predicted molar refractivity (Wildman–Crippen MR) is 77.8 cm³/mol. The number of hydrogen-bond donors (Lipinski definition) is 1. The molecule has 1 N–H and O–H groups in total. The van der Waals surface area contributed by atoms with Crippen LogP contribution in [0.15, 0.2) is 24.3 Å². The summed E-state index contributed by atoms with van der Waals surface area (Å²) < 4.78 is 11.7. The Balaban J connectivity index is 1.47. The van der Waals surface area contributed by atoms with E-state index in [-0.39, 0.29) is 6.10 Å². The molecule has 5 heteroatoms. The highest BCUT2D eigenvalue weighted by Crippen LogP contribution is 2.31. The van der Waals surface area contributed by atoms with E-state index < -0.39 is 5.97 Å². The molecule has 21 heavy (non-hydrogen) atoms. The number of carboxylic acid groups (broad SMARTS) is 1. The molecule has 2 aliphatic heterocycles. The molecule has 5 nitrogen and oxygen atoms in total. The van der Waals surface area contributed by atoms with E-state index in [0.29, 0.717) is 18.9 Å². The van der Waals surface area contributed by atoms with E-state index in [4.69, 9.17) is 14.6 Å². The van der Waals surface area contributed by atoms with Crippen molar-refractivity contribution >= 4 is 5.97 Å². The summed E-state index contributed by atoms with van der Waals surface area (Å²) in [4.78, 5) is 13.1. The van der Waals surface area contributed by atoms with E-state index in [2.05, 4.69) is 4.90 Å². The molecule has 2 heterocycles. The van der Waals surface area contributed by atoms with Crippen LogP contribution in [0.3, 0.4) is 0 Å². The average molecular weight is 291 g/mol. The van der Waals surface area contributed by atoms with Gasteiger partial charge >= 0.3 is 5.97 Å². The van der Waals surface area contributed by atoms with Gasteiger partial charge in [0.15, 0.2) is 11.5 Å². The molecule has 1 saturated heterocycles. The number of carboxylic acids is 1. The zero-order valence-electron chi connectivity index (χ0n) is 12.0. The second-order valence-electron chi connectivity index (χ2n) is 5.84. The van der Waals surface area contributed by atoms with Crippen molar-refractivity contribution in [2.45, 2.75) is 25.4 Å². The van der Waals surface area contributed by atoms with Crippen LogP contribution in [0, 0.1) is 5.92 Å². The molecule has 0 bridgehead atoms. The third-order valence-electron chi connectivity index (χ3n) is 4.20. The summed E-state index contributed by atoms with van der Waals surface area (Å²) in [5, 5.41) is 8.84. The lowest BCUT2D eigenvalue weighted by atomic mass is 9.93. The van der Waals surface area contributed by atoms with Crippen molar-refractivity contribution in [1.82, 2.24) is 4.90 Å². The van der Waals surface area contributed by atoms with Crippen LogP contribution in [-0.4, -0.2) is 48.3 Å². The Morgan fingerprint density at radius 1 is 1.24 bits per heavy atom. The smallest absolute Gasteiger partial charge is 0.303 e. The first-order chi connectivity index (χ1) is 10.2. The van der Waals surface area contributed by atoms with Crippen LogP contribution in [0.5, 0.6) is 11.5 Å². The van der Waals surface area contributed by atoms with Gasteiger partial charge in [0, 0.05) is 13.0 Å². The number of fused-ring (bicyclic) bond motifs is 1. The van der Waals surface area contributed by atoms with Gasteiger partial charge in [-0.1, -0.05) is 12.1 Å². The van der Waals surface area contributed by atoms with Gasteiger partial charge in [-0.15, -0.1) is 0 Å². The van der Waals surface area contributed by atoms with Crippen molar-refractivity contribution in [3.05, 3.63) is 24.3 Å². The molecule has 1 fully saturated rings. The van der Waals surface area contributed by atoms with Crippen molar-refractivity contribution in [3.8, 4) is 11.5 Å². The lowest BCUT2D eigenvalue weighted by molar-refractivity contribution is -0.138. The van der Waals surface area contributed by atoms with Crippen molar-refractivity contribution in [2.24, 2.45) is 5.92 Å². The number of hydrogen-bond acceptors (Lipinski definition) is 4. The summed E-state index contributed by atoms with van der Waals surface area (Å²) in [6.45, 7) is 3.30. The highest BCUT2D eigenvalue weighted by Gasteiger charge is 2.26. The number of para-hydroxylation sites is 2. The number of rotatable bonds is 4. The number of nitrogens with zero attached hydrogens (tertiary/aromatic N) is 1. The Kier molecular flexibility index (Phi) is 4.29. The molecule has 0 aliphatic carbocycles. The SMILES string of the molecule is O=C(O)CC1CCN(CC2COc3ccccc3O2)CC1. The molecule has 0 radical (unpaired) electrons. The number of benzene rings is 1. The molecule has 1 atom stereocenters. The highest BCUT2D eigenvalue weighted by molar-refractivity contribution is 5.67. The molecule has 3 rings (SSSR count). The lowest BCUT2D eigenvalue weighted by Gasteiger charge is -2.35. The quantitative estimate of drug-likeness (QED) is 0.919. The minimum Gasteiger partial charge on any atom is -0.486 e. The van der Waals surface area contributed by atoms with Gasteiger partial charge < -0.3 is 14.6 Å². The number of piperidine rings is 1. The standard InChI is InChI=1S/C16H21NO4/c18-16(19)9-12-5-7-17(8-6-12)10-13-11-20-14-3-1-2-4-15(14)21-13/h1-4,12-13H,5-11H2,(H,18,19). The molecule has 0 saturated carbocycles. The number of ether oxygens (including phenoxy) is 2. The Hall–Kier alpha value is -1.75. The number of likely N-dealkylation sites (tertiary alicyclic amines) is 1. The minimum absolute atomic E-state index is 0.0518. The normalized spacial score (nSPS) is 23.0. The molecule has 1 aromatic rings. The molecule has 2 aliphatic rings. The first kappa shape index (κ1) is 14.2. The van der Waals surface area contributed by atoms with Crippen LogP contribution in [0.4, 0.5) is 0 Å². The molecule has 1 unspecified atom stereocenters. The maximum Gasteiger partial charge on any atom is 0.303 e. The van der Waals surface area contributed by atoms with Gasteiger partial charge in [0.05, 0.1) is 0 Å². The maximum atomic E-state index is 10.7. The van der Waals surface area contributed by atoms with Gasteiger partial charge in [-0.25, -0.2) is 0 Å². The Labute approximate surface area is 124 Å². The third-order valence-corrected chi connectivity index (χ3v) is 4.20. The molecular weight excluding hydrogens is 270 g/mol. The Morgan fingerprint density at radius 3 is 2.67 bits per heavy atom. The molecule has 1 aromatic carbocycles. The highest BCUT2D eigenvalue weighted by atomic mass is 16.6. The van der Waals surface area contributed by atoms with Crippen LogP contribution in [-0.2, 0) is 4.79 Å². The summed E-state index contributed by atoms with van der Waals surface area (Å²) in [5.41, 5.74) is 0. The van der Waals surface area contributed by atoms with Gasteiger partial charge in [0.1, 0.15) is 12.7 Å². The van der Waals surface area contributed by atoms with E-state index in [1.165, 1.54) is 0 Å². The van der Waals surface area contributed by atoms with Crippen LogP contribution < -0.4 is 9.47 Å². The van der Waals surface area contributed by atoms with Gasteiger partial charge in [-0.2, -0.15) is 0 Å². The van der Waals surface area contributed by atoms with Crippen molar-refractivity contribution in [1.29, 1.82) is 0 Å². The molecule has 0 aromatic heterocycles. The van der Waals surface area contributed by atoms with E-state index in [9.17, 15) is 4.79 Å². The largest absolute Gasteiger partial charge is 0.486 e. The zero-order chi connectivity index (χ0) is 14.7. The van der Waals surface area contributed by atoms with Gasteiger partial charge in [-0.05, 0) is 44.0 Å². The molecule has 0 amide bonds. The lowest BCUT2D eigenvalue weighted by Crippen LogP contribution is -2.44. The van der Waals surface area contributed by atoms with Crippen LogP contribution in [0.25, 0.3) is 0 Å². The third kappa shape index (κ3) is 3.67. The second-order valence-corrected chi connectivity index (χ2v) is 5.84. The van der Waals surface area contributed by atoms with Crippen LogP contribution >= 0.6 is 0 Å². The van der Waals surface area contributed by atoms with Crippen LogP contribution in [0.2, 0.25) is 0 Å². The predicted octanol–water partition coefficient (Wildman–Crippen LogP) is 2.01. The molecule has 114 valence electrons. The van der Waals surface area contributed by atoms with Gasteiger partial charge in [-0.3, -0.25) is 9.69 Å². The molecule has 0 spiro atoms. The number of aliphatic carboxylic acids is 1. The zero-order valence-corrected chi connectivity index (χ0v) is 12.0. The summed E-state index contributed by atoms with van der Waals surface area (Å²) in [6.07, 6.45) is 2.26. The average Bonchev–Trinajstić information content (AvgIpc) is 2.49. The molecular formula is C16H21NO4. The second kappa shape index (κ2) is 6.35. The van der Waals surface area contributed by atoms with Crippen molar-refractivity contribution in [2.75, 3.05) is 26.2 Å². The fourth-order valence-electron chi connectivity index (χ4n) is 3.06. The van der Waals surface area contributed by atoms with E-state index in [1.807, 2.05) is 24.3 Å². The first-order valence-electron chi connectivity index (χ1n) is 7.53. The van der Waals surface area contributed by atoms with Gasteiger partial charge in [0.2, 0.25) is 0 Å².